The smallest absolute Gasteiger partial charge is 0.0171 e. The number of unbranched alkanes of at least 4 members (excludes halogenated alkanes) is 4. The second kappa shape index (κ2) is 5.72. The molecule has 2 aliphatic carbocycles. The van der Waals surface area contributed by atoms with Crippen LogP contribution >= 0.6 is 0 Å². The van der Waals surface area contributed by atoms with Gasteiger partial charge in [0.1, 0.15) is 0 Å². The molecule has 0 heterocycles. The maximum absolute atomic E-state index is 2.55. The van der Waals surface area contributed by atoms with E-state index in [1.165, 1.54) is 57.8 Å². The molecule has 0 aliphatic heterocycles. The van der Waals surface area contributed by atoms with Crippen LogP contribution in [0.15, 0.2) is 12.2 Å². The molecule has 0 saturated heterocycles. The minimum atomic E-state index is 0.999. The number of allylic oxidation sites excluding steroid dienone is 2. The maximum atomic E-state index is 2.55. The topological polar surface area (TPSA) is 0 Å². The van der Waals surface area contributed by atoms with Crippen LogP contribution in [0, 0.1) is 17.8 Å². The van der Waals surface area contributed by atoms with E-state index in [-0.39, 0.29) is 0 Å². The Morgan fingerprint density at radius 3 is 2.40 bits per heavy atom. The van der Waals surface area contributed by atoms with Crippen LogP contribution in [-0.2, 0) is 0 Å². The van der Waals surface area contributed by atoms with E-state index in [0.29, 0.717) is 0 Å². The van der Waals surface area contributed by atoms with Crippen LogP contribution in [0.3, 0.4) is 0 Å². The Balaban J connectivity index is 1.55. The summed E-state index contributed by atoms with van der Waals surface area (Å²) < 4.78 is 0. The molecular weight excluding hydrogens is 180 g/mol. The van der Waals surface area contributed by atoms with Crippen molar-refractivity contribution in [2.24, 2.45) is 17.8 Å². The van der Waals surface area contributed by atoms with Gasteiger partial charge in [0.05, 0.1) is 0 Å². The third-order valence-electron chi connectivity index (χ3n) is 4.31. The molecule has 0 aromatic rings. The standard InChI is InChI=1S/C15H26/c1-2-3-4-5-6-7-10-13-14-11-8-9-12-15(13)14/h7,10,13-15H,2-6,8-9,11-12H2,1H3/b10-7-/t13?,14-,15+. The van der Waals surface area contributed by atoms with Crippen molar-refractivity contribution in [2.75, 3.05) is 0 Å². The average molecular weight is 206 g/mol. The monoisotopic (exact) mass is 206 g/mol. The number of rotatable bonds is 6. The summed E-state index contributed by atoms with van der Waals surface area (Å²) in [5, 5.41) is 0. The lowest BCUT2D eigenvalue weighted by Crippen LogP contribution is -1.91. The van der Waals surface area contributed by atoms with Crippen molar-refractivity contribution in [3.63, 3.8) is 0 Å². The van der Waals surface area contributed by atoms with Gasteiger partial charge < -0.3 is 0 Å². The molecule has 0 nitrogen and oxygen atoms in total. The molecule has 2 rings (SSSR count). The van der Waals surface area contributed by atoms with Crippen LogP contribution in [0.25, 0.3) is 0 Å². The zero-order valence-electron chi connectivity index (χ0n) is 10.3. The lowest BCUT2D eigenvalue weighted by molar-refractivity contribution is 0.480. The fourth-order valence-electron chi connectivity index (χ4n) is 3.28. The van der Waals surface area contributed by atoms with Crippen molar-refractivity contribution in [1.29, 1.82) is 0 Å². The lowest BCUT2D eigenvalue weighted by atomic mass is 10.0. The van der Waals surface area contributed by atoms with E-state index in [2.05, 4.69) is 19.1 Å². The van der Waals surface area contributed by atoms with Crippen LogP contribution in [0.2, 0.25) is 0 Å². The van der Waals surface area contributed by atoms with Crippen LogP contribution in [-0.4, -0.2) is 0 Å². The summed E-state index contributed by atoms with van der Waals surface area (Å²) in [6, 6.07) is 0. The van der Waals surface area contributed by atoms with Gasteiger partial charge in [-0.2, -0.15) is 0 Å². The molecule has 0 heteroatoms. The van der Waals surface area contributed by atoms with Gasteiger partial charge in [0.15, 0.2) is 0 Å². The van der Waals surface area contributed by atoms with Crippen molar-refractivity contribution in [1.82, 2.24) is 0 Å². The predicted octanol–water partition coefficient (Wildman–Crippen LogP) is 4.95. The highest BCUT2D eigenvalue weighted by atomic mass is 14.5. The Hall–Kier alpha value is -0.260. The van der Waals surface area contributed by atoms with Crippen molar-refractivity contribution in [3.8, 4) is 0 Å². The summed E-state index contributed by atoms with van der Waals surface area (Å²) in [6.07, 6.45) is 18.0. The minimum absolute atomic E-state index is 0.999. The van der Waals surface area contributed by atoms with Crippen molar-refractivity contribution < 1.29 is 0 Å². The third-order valence-corrected chi connectivity index (χ3v) is 4.31. The Kier molecular flexibility index (Phi) is 4.29. The van der Waals surface area contributed by atoms with Gasteiger partial charge in [-0.25, -0.2) is 0 Å². The summed E-state index contributed by atoms with van der Waals surface area (Å²) >= 11 is 0. The summed E-state index contributed by atoms with van der Waals surface area (Å²) in [7, 11) is 0. The van der Waals surface area contributed by atoms with Crippen LogP contribution < -0.4 is 0 Å². The van der Waals surface area contributed by atoms with Gasteiger partial charge in [0.25, 0.3) is 0 Å². The molecular formula is C15H26. The van der Waals surface area contributed by atoms with Gasteiger partial charge in [-0.1, -0.05) is 51.2 Å². The highest BCUT2D eigenvalue weighted by molar-refractivity contribution is 5.09. The highest BCUT2D eigenvalue weighted by Gasteiger charge is 2.48. The van der Waals surface area contributed by atoms with Crippen LogP contribution in [0.1, 0.15) is 64.7 Å². The first-order valence-electron chi connectivity index (χ1n) is 7.10. The number of fused-ring (bicyclic) bond motifs is 1. The highest BCUT2D eigenvalue weighted by Crippen LogP contribution is 2.56. The summed E-state index contributed by atoms with van der Waals surface area (Å²) in [5.41, 5.74) is 0. The van der Waals surface area contributed by atoms with E-state index in [1.807, 2.05) is 0 Å². The van der Waals surface area contributed by atoms with Gasteiger partial charge in [0.2, 0.25) is 0 Å². The molecule has 0 aromatic heterocycles. The largest absolute Gasteiger partial charge is 0.0882 e. The Morgan fingerprint density at radius 1 is 1.00 bits per heavy atom. The Morgan fingerprint density at radius 2 is 1.73 bits per heavy atom. The average Bonchev–Trinajstić information content (AvgIpc) is 2.97. The SMILES string of the molecule is CCCCCC/C=C\C1[C@H]2CCCC[C@@H]12. The summed E-state index contributed by atoms with van der Waals surface area (Å²) in [5.74, 6) is 3.20. The first-order chi connectivity index (χ1) is 7.43. The van der Waals surface area contributed by atoms with Crippen LogP contribution in [0.5, 0.6) is 0 Å². The van der Waals surface area contributed by atoms with Gasteiger partial charge >= 0.3 is 0 Å². The van der Waals surface area contributed by atoms with E-state index < -0.39 is 0 Å². The third kappa shape index (κ3) is 3.09. The van der Waals surface area contributed by atoms with Crippen molar-refractivity contribution >= 4 is 0 Å². The normalized spacial score (nSPS) is 34.3. The molecule has 2 aliphatic rings. The van der Waals surface area contributed by atoms with E-state index >= 15 is 0 Å². The molecule has 3 atom stereocenters. The first-order valence-corrected chi connectivity index (χ1v) is 7.10. The van der Waals surface area contributed by atoms with Gasteiger partial charge in [0, 0.05) is 0 Å². The zero-order valence-corrected chi connectivity index (χ0v) is 10.3. The van der Waals surface area contributed by atoms with E-state index in [9.17, 15) is 0 Å². The molecule has 1 unspecified atom stereocenters. The zero-order chi connectivity index (χ0) is 10.5. The molecule has 15 heavy (non-hydrogen) atoms. The van der Waals surface area contributed by atoms with Crippen LogP contribution in [0.4, 0.5) is 0 Å². The summed E-state index contributed by atoms with van der Waals surface area (Å²) in [4.78, 5) is 0. The second-order valence-electron chi connectivity index (χ2n) is 5.47. The molecule has 2 fully saturated rings. The Labute approximate surface area is 95.1 Å². The minimum Gasteiger partial charge on any atom is -0.0882 e. The first kappa shape index (κ1) is 11.2. The van der Waals surface area contributed by atoms with Gasteiger partial charge in [-0.3, -0.25) is 0 Å². The maximum Gasteiger partial charge on any atom is -0.0171 e. The molecule has 0 amide bonds. The van der Waals surface area contributed by atoms with Crippen molar-refractivity contribution in [2.45, 2.75) is 64.7 Å². The fraction of sp³-hybridized carbons (Fsp3) is 0.867. The Bertz CT molecular complexity index is 192. The molecule has 0 radical (unpaired) electrons. The van der Waals surface area contributed by atoms with E-state index in [1.54, 1.807) is 0 Å². The molecule has 0 N–H and O–H groups in total. The van der Waals surface area contributed by atoms with Crippen molar-refractivity contribution in [3.05, 3.63) is 12.2 Å². The fourth-order valence-corrected chi connectivity index (χ4v) is 3.28. The number of hydrogen-bond donors (Lipinski definition) is 0. The number of hydrogen-bond acceptors (Lipinski definition) is 0. The molecule has 2 saturated carbocycles. The molecule has 0 spiro atoms. The lowest BCUT2D eigenvalue weighted by Gasteiger charge is -2.04. The van der Waals surface area contributed by atoms with E-state index in [4.69, 9.17) is 0 Å². The molecule has 86 valence electrons. The van der Waals surface area contributed by atoms with Gasteiger partial charge in [-0.15, -0.1) is 0 Å². The molecule has 0 aromatic carbocycles. The van der Waals surface area contributed by atoms with Gasteiger partial charge in [-0.05, 0) is 43.4 Å². The molecule has 0 bridgehead atoms. The van der Waals surface area contributed by atoms with E-state index in [0.717, 1.165) is 17.8 Å². The summed E-state index contributed by atoms with van der Waals surface area (Å²) in [6.45, 7) is 2.28. The second-order valence-corrected chi connectivity index (χ2v) is 5.47. The quantitative estimate of drug-likeness (QED) is 0.426. The predicted molar refractivity (Wildman–Crippen MR) is 66.8 cm³/mol.